The van der Waals surface area contributed by atoms with Gasteiger partial charge in [-0.15, -0.1) is 0 Å². The molecule has 4 heteroatoms. The highest BCUT2D eigenvalue weighted by atomic mass is 15.3. The maximum absolute atomic E-state index is 4.68. The third-order valence-electron chi connectivity index (χ3n) is 4.05. The van der Waals surface area contributed by atoms with E-state index in [0.29, 0.717) is 5.92 Å². The molecule has 0 saturated carbocycles. The van der Waals surface area contributed by atoms with Gasteiger partial charge in [-0.05, 0) is 52.0 Å². The van der Waals surface area contributed by atoms with E-state index in [1.54, 1.807) is 0 Å². The van der Waals surface area contributed by atoms with Crippen molar-refractivity contribution < 1.29 is 0 Å². The minimum Gasteiger partial charge on any atom is -0.238 e. The highest BCUT2D eigenvalue weighted by molar-refractivity contribution is 5.39. The van der Waals surface area contributed by atoms with Crippen molar-refractivity contribution in [3.8, 4) is 5.82 Å². The molecule has 0 saturated heterocycles. The van der Waals surface area contributed by atoms with Gasteiger partial charge in [0, 0.05) is 11.8 Å². The fourth-order valence-corrected chi connectivity index (χ4v) is 2.98. The number of fused-ring (bicyclic) bond motifs is 1. The van der Waals surface area contributed by atoms with Crippen LogP contribution >= 0.6 is 0 Å². The SMILES string of the molecule is C=C(C)[C@H]1Cc2c(C)nn(-c3cc(C)nc(C)n3)c2C1. The Kier molecular flexibility index (Phi) is 2.96. The van der Waals surface area contributed by atoms with Crippen LogP contribution in [-0.2, 0) is 12.8 Å². The molecule has 0 bridgehead atoms. The molecule has 0 amide bonds. The molecule has 20 heavy (non-hydrogen) atoms. The molecule has 0 fully saturated rings. The molecule has 0 aromatic carbocycles. The van der Waals surface area contributed by atoms with Crippen LogP contribution in [0.15, 0.2) is 18.2 Å². The van der Waals surface area contributed by atoms with Crippen LogP contribution in [-0.4, -0.2) is 19.7 Å². The van der Waals surface area contributed by atoms with Crippen LogP contribution in [0, 0.1) is 26.7 Å². The van der Waals surface area contributed by atoms with Crippen LogP contribution < -0.4 is 0 Å². The van der Waals surface area contributed by atoms with E-state index in [1.807, 2.05) is 24.6 Å². The second-order valence-corrected chi connectivity index (χ2v) is 5.79. The monoisotopic (exact) mass is 268 g/mol. The lowest BCUT2D eigenvalue weighted by atomic mass is 9.99. The zero-order chi connectivity index (χ0) is 14.4. The summed E-state index contributed by atoms with van der Waals surface area (Å²) in [7, 11) is 0. The molecule has 4 nitrogen and oxygen atoms in total. The van der Waals surface area contributed by atoms with Crippen LogP contribution in [0.4, 0.5) is 0 Å². The van der Waals surface area contributed by atoms with E-state index < -0.39 is 0 Å². The maximum Gasteiger partial charge on any atom is 0.157 e. The van der Waals surface area contributed by atoms with Gasteiger partial charge in [0.15, 0.2) is 5.82 Å². The van der Waals surface area contributed by atoms with Crippen molar-refractivity contribution in [2.75, 3.05) is 0 Å². The lowest BCUT2D eigenvalue weighted by Crippen LogP contribution is -2.09. The smallest absolute Gasteiger partial charge is 0.157 e. The Bertz CT molecular complexity index is 676. The Labute approximate surface area is 119 Å². The fourth-order valence-electron chi connectivity index (χ4n) is 2.98. The Hall–Kier alpha value is -1.97. The average molecular weight is 268 g/mol. The quantitative estimate of drug-likeness (QED) is 0.787. The molecule has 0 N–H and O–H groups in total. The summed E-state index contributed by atoms with van der Waals surface area (Å²) < 4.78 is 2.00. The van der Waals surface area contributed by atoms with E-state index in [0.717, 1.165) is 35.9 Å². The van der Waals surface area contributed by atoms with Crippen molar-refractivity contribution in [2.45, 2.75) is 40.5 Å². The zero-order valence-electron chi connectivity index (χ0n) is 12.6. The maximum atomic E-state index is 4.68. The molecular weight excluding hydrogens is 248 g/mol. The summed E-state index contributed by atoms with van der Waals surface area (Å²) in [6, 6.07) is 1.99. The highest BCUT2D eigenvalue weighted by Gasteiger charge is 2.29. The van der Waals surface area contributed by atoms with Crippen molar-refractivity contribution in [3.05, 3.63) is 46.7 Å². The van der Waals surface area contributed by atoms with E-state index >= 15 is 0 Å². The van der Waals surface area contributed by atoms with Gasteiger partial charge < -0.3 is 0 Å². The van der Waals surface area contributed by atoms with Crippen molar-refractivity contribution in [1.29, 1.82) is 0 Å². The third-order valence-corrected chi connectivity index (χ3v) is 4.05. The van der Waals surface area contributed by atoms with E-state index in [2.05, 4.69) is 35.5 Å². The summed E-state index contributed by atoms with van der Waals surface area (Å²) in [6.07, 6.45) is 2.06. The minimum absolute atomic E-state index is 0.539. The molecule has 1 aliphatic rings. The second-order valence-electron chi connectivity index (χ2n) is 5.79. The number of aromatic nitrogens is 4. The Morgan fingerprint density at radius 2 is 2.00 bits per heavy atom. The topological polar surface area (TPSA) is 43.6 Å². The molecule has 104 valence electrons. The van der Waals surface area contributed by atoms with E-state index in [9.17, 15) is 0 Å². The average Bonchev–Trinajstić information content (AvgIpc) is 2.89. The second kappa shape index (κ2) is 4.54. The predicted molar refractivity (Wildman–Crippen MR) is 79.1 cm³/mol. The number of hydrogen-bond acceptors (Lipinski definition) is 3. The van der Waals surface area contributed by atoms with Gasteiger partial charge >= 0.3 is 0 Å². The molecule has 0 aliphatic heterocycles. The van der Waals surface area contributed by atoms with Gasteiger partial charge in [-0.2, -0.15) is 5.10 Å². The Balaban J connectivity index is 2.09. The van der Waals surface area contributed by atoms with Crippen LogP contribution in [0.2, 0.25) is 0 Å². The molecule has 0 radical (unpaired) electrons. The van der Waals surface area contributed by atoms with E-state index in [-0.39, 0.29) is 0 Å². The van der Waals surface area contributed by atoms with Gasteiger partial charge in [-0.1, -0.05) is 12.2 Å². The van der Waals surface area contributed by atoms with Gasteiger partial charge in [0.05, 0.1) is 11.4 Å². The lowest BCUT2D eigenvalue weighted by Gasteiger charge is -2.10. The Morgan fingerprint density at radius 3 is 2.65 bits per heavy atom. The summed E-state index contributed by atoms with van der Waals surface area (Å²) in [5, 5.41) is 4.68. The molecule has 3 rings (SSSR count). The van der Waals surface area contributed by atoms with Gasteiger partial charge in [-0.25, -0.2) is 14.6 Å². The largest absolute Gasteiger partial charge is 0.238 e. The molecule has 0 unspecified atom stereocenters. The number of nitrogens with zero attached hydrogens (tertiary/aromatic N) is 4. The molecule has 2 heterocycles. The number of aryl methyl sites for hydroxylation is 3. The van der Waals surface area contributed by atoms with Crippen LogP contribution in [0.1, 0.15) is 35.4 Å². The summed E-state index contributed by atoms with van der Waals surface area (Å²) in [6.45, 7) is 12.2. The van der Waals surface area contributed by atoms with Crippen molar-refractivity contribution in [2.24, 2.45) is 5.92 Å². The molecule has 1 aliphatic carbocycles. The molecule has 0 spiro atoms. The van der Waals surface area contributed by atoms with Crippen LogP contribution in [0.25, 0.3) is 5.82 Å². The summed E-state index contributed by atoms with van der Waals surface area (Å²) in [5.74, 6) is 2.20. The first-order valence-corrected chi connectivity index (χ1v) is 7.01. The molecule has 2 aromatic heterocycles. The first-order chi connectivity index (χ1) is 9.45. The van der Waals surface area contributed by atoms with Crippen molar-refractivity contribution >= 4 is 0 Å². The van der Waals surface area contributed by atoms with Crippen molar-refractivity contribution in [1.82, 2.24) is 19.7 Å². The fraction of sp³-hybridized carbons (Fsp3) is 0.438. The van der Waals surface area contributed by atoms with Gasteiger partial charge in [-0.3, -0.25) is 0 Å². The summed E-state index contributed by atoms with van der Waals surface area (Å²) in [5.41, 5.74) is 5.99. The normalized spacial score (nSPS) is 17.3. The number of allylic oxidation sites excluding steroid dienone is 1. The van der Waals surface area contributed by atoms with Crippen LogP contribution in [0.3, 0.4) is 0 Å². The third kappa shape index (κ3) is 2.05. The number of hydrogen-bond donors (Lipinski definition) is 0. The standard InChI is InChI=1S/C16H20N4/c1-9(2)13-7-14-11(4)19-20(15(14)8-13)16-6-10(3)17-12(5)18-16/h6,13H,1,7-8H2,2-5H3/t13-/m0/s1. The van der Waals surface area contributed by atoms with Crippen LogP contribution in [0.5, 0.6) is 0 Å². The zero-order valence-corrected chi connectivity index (χ0v) is 12.6. The van der Waals surface area contributed by atoms with Crippen molar-refractivity contribution in [3.63, 3.8) is 0 Å². The van der Waals surface area contributed by atoms with Gasteiger partial charge in [0.2, 0.25) is 0 Å². The van der Waals surface area contributed by atoms with E-state index in [4.69, 9.17) is 0 Å². The highest BCUT2D eigenvalue weighted by Crippen LogP contribution is 2.33. The van der Waals surface area contributed by atoms with Gasteiger partial charge in [0.1, 0.15) is 5.82 Å². The first kappa shape index (κ1) is 13.0. The predicted octanol–water partition coefficient (Wildman–Crippen LogP) is 2.88. The summed E-state index contributed by atoms with van der Waals surface area (Å²) in [4.78, 5) is 8.87. The minimum atomic E-state index is 0.539. The van der Waals surface area contributed by atoms with Gasteiger partial charge in [0.25, 0.3) is 0 Å². The Morgan fingerprint density at radius 1 is 1.25 bits per heavy atom. The van der Waals surface area contributed by atoms with E-state index in [1.165, 1.54) is 16.8 Å². The lowest BCUT2D eigenvalue weighted by molar-refractivity contribution is 0.628. The first-order valence-electron chi connectivity index (χ1n) is 7.01. The number of rotatable bonds is 2. The molecular formula is C16H20N4. The molecule has 2 aromatic rings. The molecule has 1 atom stereocenters. The summed E-state index contributed by atoms with van der Waals surface area (Å²) >= 11 is 0.